The van der Waals surface area contributed by atoms with Gasteiger partial charge in [0.25, 0.3) is 11.8 Å². The van der Waals surface area contributed by atoms with E-state index < -0.39 is 0 Å². The normalized spacial score (nSPS) is 11.2. The molecule has 2 amide bonds. The predicted molar refractivity (Wildman–Crippen MR) is 93.3 cm³/mol. The minimum absolute atomic E-state index is 0.179. The lowest BCUT2D eigenvalue weighted by Crippen LogP contribution is -2.34. The van der Waals surface area contributed by atoms with Gasteiger partial charge in [0.15, 0.2) is 0 Å². The first-order chi connectivity index (χ1) is 11.3. The molecule has 6 nitrogen and oxygen atoms in total. The Kier molecular flexibility index (Phi) is 5.62. The fraction of sp³-hybridized carbons (Fsp3) is 0.353. The summed E-state index contributed by atoms with van der Waals surface area (Å²) in [5, 5.41) is 10.0. The molecule has 0 aliphatic heterocycles. The first-order valence-corrected chi connectivity index (χ1v) is 8.03. The van der Waals surface area contributed by atoms with Gasteiger partial charge in [-0.3, -0.25) is 14.3 Å². The van der Waals surface area contributed by atoms with E-state index in [-0.39, 0.29) is 17.4 Å². The summed E-state index contributed by atoms with van der Waals surface area (Å²) in [7, 11) is 0. The minimum Gasteiger partial charge on any atom is -0.350 e. The highest BCUT2D eigenvalue weighted by Gasteiger charge is 2.16. The Morgan fingerprint density at radius 3 is 2.33 bits per heavy atom. The molecule has 0 saturated carbocycles. The number of amides is 2. The second-order valence-corrected chi connectivity index (χ2v) is 6.74. The van der Waals surface area contributed by atoms with Crippen molar-refractivity contribution in [1.29, 1.82) is 0 Å². The van der Waals surface area contributed by atoms with E-state index in [0.29, 0.717) is 29.2 Å². The van der Waals surface area contributed by atoms with Crippen molar-refractivity contribution in [2.75, 3.05) is 13.1 Å². The Morgan fingerprint density at radius 1 is 1.12 bits per heavy atom. The number of hydrogen-bond acceptors (Lipinski definition) is 3. The lowest BCUT2D eigenvalue weighted by atomic mass is 10.1. The molecule has 2 rings (SSSR count). The van der Waals surface area contributed by atoms with Gasteiger partial charge in [-0.05, 0) is 32.9 Å². The van der Waals surface area contributed by atoms with Crippen LogP contribution in [0.2, 0.25) is 5.02 Å². The number of nitrogens with zero attached hydrogens (tertiary/aromatic N) is 2. The first-order valence-electron chi connectivity index (χ1n) is 7.65. The van der Waals surface area contributed by atoms with Crippen molar-refractivity contribution < 1.29 is 9.59 Å². The average molecular weight is 349 g/mol. The average Bonchev–Trinajstić information content (AvgIpc) is 3.02. The second kappa shape index (κ2) is 7.49. The van der Waals surface area contributed by atoms with Crippen LogP contribution in [0.4, 0.5) is 0 Å². The number of rotatable bonds is 5. The number of benzene rings is 1. The maximum atomic E-state index is 12.1. The number of carbonyl (C=O) groups excluding carboxylic acids is 2. The van der Waals surface area contributed by atoms with E-state index in [2.05, 4.69) is 15.7 Å². The van der Waals surface area contributed by atoms with E-state index in [1.165, 1.54) is 6.20 Å². The van der Waals surface area contributed by atoms with Crippen molar-refractivity contribution in [3.8, 4) is 0 Å². The van der Waals surface area contributed by atoms with E-state index in [0.717, 1.165) is 0 Å². The first kappa shape index (κ1) is 18.0. The van der Waals surface area contributed by atoms with Gasteiger partial charge in [-0.15, -0.1) is 0 Å². The molecule has 0 aliphatic rings. The lowest BCUT2D eigenvalue weighted by molar-refractivity contribution is 0.0927. The Hall–Kier alpha value is -2.34. The SMILES string of the molecule is CC(C)(C)n1cc(C(=O)NCCNC(=O)c2ccccc2Cl)cn1. The summed E-state index contributed by atoms with van der Waals surface area (Å²) in [5.41, 5.74) is 0.723. The molecule has 1 aromatic heterocycles. The summed E-state index contributed by atoms with van der Waals surface area (Å²) in [6, 6.07) is 6.81. The molecule has 0 aliphatic carbocycles. The summed E-state index contributed by atoms with van der Waals surface area (Å²) in [6.07, 6.45) is 3.24. The Bertz CT molecular complexity index is 734. The summed E-state index contributed by atoms with van der Waals surface area (Å²) < 4.78 is 1.74. The van der Waals surface area contributed by atoms with Crippen molar-refractivity contribution in [3.05, 3.63) is 52.8 Å². The number of nitrogens with one attached hydrogen (secondary N) is 2. The van der Waals surface area contributed by atoms with E-state index >= 15 is 0 Å². The van der Waals surface area contributed by atoms with E-state index in [4.69, 9.17) is 11.6 Å². The lowest BCUT2D eigenvalue weighted by Gasteiger charge is -2.18. The van der Waals surface area contributed by atoms with Crippen LogP contribution in [-0.2, 0) is 5.54 Å². The van der Waals surface area contributed by atoms with Crippen LogP contribution in [0.5, 0.6) is 0 Å². The molecule has 2 N–H and O–H groups in total. The Morgan fingerprint density at radius 2 is 1.75 bits per heavy atom. The zero-order chi connectivity index (χ0) is 17.7. The number of hydrogen-bond donors (Lipinski definition) is 2. The van der Waals surface area contributed by atoms with Crippen molar-refractivity contribution in [2.45, 2.75) is 26.3 Å². The highest BCUT2D eigenvalue weighted by Crippen LogP contribution is 2.14. The van der Waals surface area contributed by atoms with Crippen LogP contribution in [0.1, 0.15) is 41.5 Å². The molecule has 0 radical (unpaired) electrons. The maximum absolute atomic E-state index is 12.1. The van der Waals surface area contributed by atoms with Crippen LogP contribution in [-0.4, -0.2) is 34.7 Å². The summed E-state index contributed by atoms with van der Waals surface area (Å²) in [4.78, 5) is 24.0. The summed E-state index contributed by atoms with van der Waals surface area (Å²) >= 11 is 5.96. The third-order valence-corrected chi connectivity index (χ3v) is 3.68. The molecule has 1 heterocycles. The number of carbonyl (C=O) groups is 2. The largest absolute Gasteiger partial charge is 0.350 e. The molecule has 128 valence electrons. The van der Waals surface area contributed by atoms with Crippen molar-refractivity contribution in [1.82, 2.24) is 20.4 Å². The van der Waals surface area contributed by atoms with E-state index in [1.54, 1.807) is 35.1 Å². The fourth-order valence-electron chi connectivity index (χ4n) is 2.00. The van der Waals surface area contributed by atoms with Crippen LogP contribution in [0.25, 0.3) is 0 Å². The molecule has 0 fully saturated rings. The van der Waals surface area contributed by atoms with Crippen molar-refractivity contribution in [3.63, 3.8) is 0 Å². The smallest absolute Gasteiger partial charge is 0.254 e. The van der Waals surface area contributed by atoms with Gasteiger partial charge in [-0.2, -0.15) is 5.10 Å². The monoisotopic (exact) mass is 348 g/mol. The summed E-state index contributed by atoms with van der Waals surface area (Å²) in [6.45, 7) is 6.64. The molecule has 0 spiro atoms. The third kappa shape index (κ3) is 4.58. The van der Waals surface area contributed by atoms with Gasteiger partial charge >= 0.3 is 0 Å². The van der Waals surface area contributed by atoms with Gasteiger partial charge in [-0.1, -0.05) is 23.7 Å². The predicted octanol–water partition coefficient (Wildman–Crippen LogP) is 2.45. The van der Waals surface area contributed by atoms with Gasteiger partial charge in [0.05, 0.1) is 27.9 Å². The zero-order valence-corrected chi connectivity index (χ0v) is 14.7. The van der Waals surface area contributed by atoms with Gasteiger partial charge in [0.1, 0.15) is 0 Å². The topological polar surface area (TPSA) is 76.0 Å². The molecule has 7 heteroatoms. The summed E-state index contributed by atoms with van der Waals surface area (Å²) in [5.74, 6) is -0.493. The molecule has 1 aromatic carbocycles. The highest BCUT2D eigenvalue weighted by atomic mass is 35.5. The van der Waals surface area contributed by atoms with Crippen molar-refractivity contribution >= 4 is 23.4 Å². The molecule has 0 bridgehead atoms. The van der Waals surface area contributed by atoms with Gasteiger partial charge in [-0.25, -0.2) is 0 Å². The number of halogens is 1. The van der Waals surface area contributed by atoms with Crippen LogP contribution in [0, 0.1) is 0 Å². The minimum atomic E-state index is -0.268. The van der Waals surface area contributed by atoms with Crippen LogP contribution in [0.3, 0.4) is 0 Å². The fourth-order valence-corrected chi connectivity index (χ4v) is 2.22. The molecule has 0 saturated heterocycles. The van der Waals surface area contributed by atoms with Gasteiger partial charge in [0, 0.05) is 19.3 Å². The molecular formula is C17H21ClN4O2. The molecule has 24 heavy (non-hydrogen) atoms. The quantitative estimate of drug-likeness (QED) is 0.815. The third-order valence-electron chi connectivity index (χ3n) is 3.35. The molecule has 2 aromatic rings. The zero-order valence-electron chi connectivity index (χ0n) is 14.0. The van der Waals surface area contributed by atoms with Crippen LogP contribution in [0.15, 0.2) is 36.7 Å². The number of aromatic nitrogens is 2. The standard InChI is InChI=1S/C17H21ClN4O2/c1-17(2,3)22-11-12(10-21-22)15(23)19-8-9-20-16(24)13-6-4-5-7-14(13)18/h4-7,10-11H,8-9H2,1-3H3,(H,19,23)(H,20,24). The molecule has 0 unspecified atom stereocenters. The van der Waals surface area contributed by atoms with Gasteiger partial charge in [0.2, 0.25) is 0 Å². The highest BCUT2D eigenvalue weighted by molar-refractivity contribution is 6.33. The molecular weight excluding hydrogens is 328 g/mol. The van der Waals surface area contributed by atoms with E-state index in [9.17, 15) is 9.59 Å². The maximum Gasteiger partial charge on any atom is 0.254 e. The molecule has 0 atom stereocenters. The van der Waals surface area contributed by atoms with Crippen molar-refractivity contribution in [2.24, 2.45) is 0 Å². The van der Waals surface area contributed by atoms with E-state index in [1.807, 2.05) is 20.8 Å². The Balaban J connectivity index is 1.80. The van der Waals surface area contributed by atoms with Crippen LogP contribution < -0.4 is 10.6 Å². The second-order valence-electron chi connectivity index (χ2n) is 6.34. The Labute approximate surface area is 146 Å². The van der Waals surface area contributed by atoms with Gasteiger partial charge < -0.3 is 10.6 Å². The van der Waals surface area contributed by atoms with Crippen LogP contribution >= 0.6 is 11.6 Å².